The molecule has 1 aliphatic carbocycles. The van der Waals surface area contributed by atoms with Gasteiger partial charge in [0.1, 0.15) is 42.3 Å². The molecule has 0 spiro atoms. The molecule has 0 unspecified atom stereocenters. The Balaban J connectivity index is 1.33. The molecule has 2 aromatic heterocycles. The molecule has 7 rings (SSSR count). The summed E-state index contributed by atoms with van der Waals surface area (Å²) in [5, 5.41) is 6.22. The van der Waals surface area contributed by atoms with Crippen LogP contribution in [0.5, 0.6) is 0 Å². The van der Waals surface area contributed by atoms with Crippen molar-refractivity contribution in [2.75, 3.05) is 37.1 Å². The van der Waals surface area contributed by atoms with Gasteiger partial charge in [-0.1, -0.05) is 149 Å². The largest absolute Gasteiger partial charge is 0.462 e. The summed E-state index contributed by atoms with van der Waals surface area (Å²) >= 11 is 1.98. The molecule has 0 bridgehead atoms. The smallest absolute Gasteiger partial charge is 0.342 e. The van der Waals surface area contributed by atoms with Gasteiger partial charge in [-0.2, -0.15) is 0 Å². The third-order valence-corrected chi connectivity index (χ3v) is 15.2. The fraction of sp³-hybridized carbons (Fsp3) is 0.344. The third kappa shape index (κ3) is 13.3. The van der Waals surface area contributed by atoms with Gasteiger partial charge in [0.25, 0.3) is 11.8 Å². The first-order valence-corrected chi connectivity index (χ1v) is 28.2. The third-order valence-electron chi connectivity index (χ3n) is 13.2. The van der Waals surface area contributed by atoms with Crippen LogP contribution in [0.25, 0.3) is 11.1 Å². The molecular weight excluding hydrogens is 1010 g/mol. The lowest BCUT2D eigenvalue weighted by molar-refractivity contribution is 0.0481. The van der Waals surface area contributed by atoms with Crippen LogP contribution in [0.4, 0.5) is 20.0 Å². The second kappa shape index (κ2) is 27.5. The number of fused-ring (bicyclic) bond motifs is 3. The topological polar surface area (TPSA) is 188 Å². The number of benzene rings is 4. The number of hydrogen-bond acceptors (Lipinski definition) is 14. The SMILES string of the molecule is CCCCCCC1(CCCCCC)c2cc(/C=N/c3sc(NC(=O)c4ccccc4)c(C(=O)OCC)c3C(=O)OCC)ccc2-c2ccc(/C=N/c3sc(NC(=O)c4ccccc4)c(C(=O)OCC)c3C(=O)OCC)cc21. The van der Waals surface area contributed by atoms with Crippen molar-refractivity contribution in [3.63, 3.8) is 0 Å². The standard InChI is InChI=1S/C61H66N4O10S2/c1-7-13-15-23-33-61(34-24-16-14-8-2)45-35-39(37-62-53-47(57(68)72-9-3)49(59(70)74-11-5)55(76-53)64-51(66)41-25-19-17-20-26-41)29-31-43(45)44-32-30-40(36-46(44)61)38-63-54-48(58(69)73-10-4)50(60(71)75-12-6)56(77-54)65-52(67)42-27-21-18-22-28-42/h17-22,25-32,35-38H,7-16,23-24,33-34H2,1-6H3,(H,64,66)(H,65,67)/b62-37+,63-38+. The van der Waals surface area contributed by atoms with Crippen LogP contribution in [0.2, 0.25) is 0 Å². The zero-order valence-corrected chi connectivity index (χ0v) is 46.2. The maximum Gasteiger partial charge on any atom is 0.342 e. The number of nitrogens with one attached hydrogen (secondary N) is 2. The van der Waals surface area contributed by atoms with Gasteiger partial charge in [0.05, 0.1) is 26.4 Å². The van der Waals surface area contributed by atoms with Gasteiger partial charge in [0.2, 0.25) is 0 Å². The molecule has 0 aliphatic heterocycles. The summed E-state index contributed by atoms with van der Waals surface area (Å²) in [5.74, 6) is -4.07. The van der Waals surface area contributed by atoms with Gasteiger partial charge in [-0.3, -0.25) is 9.59 Å². The first kappa shape index (κ1) is 57.2. The monoisotopic (exact) mass is 1080 g/mol. The van der Waals surface area contributed by atoms with Crippen LogP contribution in [0, 0.1) is 0 Å². The fourth-order valence-corrected chi connectivity index (χ4v) is 11.7. The highest BCUT2D eigenvalue weighted by Crippen LogP contribution is 2.55. The molecule has 6 aromatic rings. The number of ether oxygens (including phenoxy) is 4. The number of esters is 4. The molecule has 1 aliphatic rings. The molecule has 4 aromatic carbocycles. The van der Waals surface area contributed by atoms with Gasteiger partial charge in [-0.25, -0.2) is 29.2 Å². The van der Waals surface area contributed by atoms with Crippen LogP contribution >= 0.6 is 22.7 Å². The summed E-state index contributed by atoms with van der Waals surface area (Å²) in [7, 11) is 0. The zero-order chi connectivity index (χ0) is 54.9. The predicted octanol–water partition coefficient (Wildman–Crippen LogP) is 14.7. The van der Waals surface area contributed by atoms with Crippen LogP contribution in [0.15, 0.2) is 107 Å². The van der Waals surface area contributed by atoms with E-state index >= 15 is 0 Å². The first-order chi connectivity index (χ1) is 37.4. The van der Waals surface area contributed by atoms with Crippen LogP contribution in [0.3, 0.4) is 0 Å². The number of anilines is 2. The average molecular weight is 1080 g/mol. The first-order valence-electron chi connectivity index (χ1n) is 26.6. The number of nitrogens with zero attached hydrogens (tertiary/aromatic N) is 2. The maximum absolute atomic E-state index is 13.7. The summed E-state index contributed by atoms with van der Waals surface area (Å²) in [6, 6.07) is 29.6. The summed E-state index contributed by atoms with van der Waals surface area (Å²) < 4.78 is 21.8. The van der Waals surface area contributed by atoms with Crippen LogP contribution in [-0.4, -0.2) is 74.5 Å². The Kier molecular flexibility index (Phi) is 20.4. The Morgan fingerprint density at radius 1 is 0.468 bits per heavy atom. The van der Waals surface area contributed by atoms with E-state index < -0.39 is 41.1 Å². The summed E-state index contributed by atoms with van der Waals surface area (Å²) in [6.45, 7) is 11.2. The highest BCUT2D eigenvalue weighted by molar-refractivity contribution is 7.21. The van der Waals surface area contributed by atoms with Crippen molar-refractivity contribution in [1.82, 2.24) is 0 Å². The molecular formula is C61H66N4O10S2. The molecule has 402 valence electrons. The Bertz CT molecular complexity index is 2930. The number of unbranched alkanes of at least 4 members (excludes halogenated alkanes) is 6. The minimum absolute atomic E-state index is 0.0341. The lowest BCUT2D eigenvalue weighted by atomic mass is 9.70. The van der Waals surface area contributed by atoms with Gasteiger partial charge in [-0.05, 0) is 110 Å². The van der Waals surface area contributed by atoms with E-state index in [2.05, 4.69) is 48.7 Å². The van der Waals surface area contributed by atoms with Crippen molar-refractivity contribution < 1.29 is 47.7 Å². The van der Waals surface area contributed by atoms with Crippen molar-refractivity contribution in [3.05, 3.63) is 153 Å². The van der Waals surface area contributed by atoms with Gasteiger partial charge in [-0.15, -0.1) is 0 Å². The molecule has 0 saturated heterocycles. The Labute approximate surface area is 458 Å². The van der Waals surface area contributed by atoms with E-state index in [4.69, 9.17) is 28.9 Å². The minimum Gasteiger partial charge on any atom is -0.462 e. The van der Waals surface area contributed by atoms with Crippen molar-refractivity contribution in [3.8, 4) is 11.1 Å². The lowest BCUT2D eigenvalue weighted by Gasteiger charge is -2.33. The molecule has 2 amide bonds. The predicted molar refractivity (Wildman–Crippen MR) is 306 cm³/mol. The number of aliphatic imine (C=N–C) groups is 2. The summed E-state index contributed by atoms with van der Waals surface area (Å²) in [6.07, 6.45) is 13.5. The van der Waals surface area contributed by atoms with Crippen LogP contribution in [-0.2, 0) is 24.4 Å². The fourth-order valence-electron chi connectivity index (χ4n) is 9.64. The Morgan fingerprint density at radius 2 is 0.831 bits per heavy atom. The summed E-state index contributed by atoms with van der Waals surface area (Å²) in [5.41, 5.74) is 5.86. The van der Waals surface area contributed by atoms with Gasteiger partial charge in [0, 0.05) is 29.0 Å². The van der Waals surface area contributed by atoms with Crippen LogP contribution < -0.4 is 10.6 Å². The number of rotatable bonds is 26. The molecule has 77 heavy (non-hydrogen) atoms. The second-order valence-corrected chi connectivity index (χ2v) is 20.3. The molecule has 0 fully saturated rings. The molecule has 2 heterocycles. The Morgan fingerprint density at radius 3 is 1.18 bits per heavy atom. The van der Waals surface area contributed by atoms with Crippen LogP contribution in [0.1, 0.15) is 190 Å². The number of carbonyl (C=O) groups excluding carboxylic acids is 6. The lowest BCUT2D eigenvalue weighted by Crippen LogP contribution is -2.26. The quantitative estimate of drug-likeness (QED) is 0.0229. The van der Waals surface area contributed by atoms with E-state index in [9.17, 15) is 28.8 Å². The molecule has 14 nitrogen and oxygen atoms in total. The molecule has 0 radical (unpaired) electrons. The average Bonchev–Trinajstić information content (AvgIpc) is 4.19. The summed E-state index contributed by atoms with van der Waals surface area (Å²) in [4.78, 5) is 91.4. The molecule has 0 atom stereocenters. The Hall–Kier alpha value is -7.56. The number of hydrogen-bond donors (Lipinski definition) is 2. The van der Waals surface area contributed by atoms with E-state index in [0.717, 1.165) is 120 Å². The molecule has 2 N–H and O–H groups in total. The maximum atomic E-state index is 13.7. The number of carbonyl (C=O) groups is 6. The van der Waals surface area contributed by atoms with Crippen molar-refractivity contribution >= 4 is 90.8 Å². The van der Waals surface area contributed by atoms with Gasteiger partial charge in [0.15, 0.2) is 0 Å². The zero-order valence-electron chi connectivity index (χ0n) is 44.6. The van der Waals surface area contributed by atoms with Gasteiger partial charge < -0.3 is 29.6 Å². The van der Waals surface area contributed by atoms with Gasteiger partial charge >= 0.3 is 23.9 Å². The minimum atomic E-state index is -0.791. The number of amides is 2. The van der Waals surface area contributed by atoms with Crippen molar-refractivity contribution in [2.24, 2.45) is 9.98 Å². The highest BCUT2D eigenvalue weighted by Gasteiger charge is 2.43. The van der Waals surface area contributed by atoms with E-state index in [0.29, 0.717) is 11.1 Å². The van der Waals surface area contributed by atoms with E-state index in [-0.39, 0.29) is 68.7 Å². The van der Waals surface area contributed by atoms with Crippen molar-refractivity contribution in [1.29, 1.82) is 0 Å². The van der Waals surface area contributed by atoms with E-state index in [1.54, 1.807) is 101 Å². The van der Waals surface area contributed by atoms with E-state index in [1.165, 1.54) is 0 Å². The molecule has 16 heteroatoms. The normalized spacial score (nSPS) is 12.3. The van der Waals surface area contributed by atoms with E-state index in [1.807, 2.05) is 12.1 Å². The highest BCUT2D eigenvalue weighted by atomic mass is 32.1. The molecule has 0 saturated carbocycles. The number of thiophene rings is 2. The van der Waals surface area contributed by atoms with Crippen molar-refractivity contribution in [2.45, 2.75) is 111 Å². The second-order valence-electron chi connectivity index (χ2n) is 18.3.